The molecular weight excluding hydrogens is 389 g/mol. The Balaban J connectivity index is 1.38. The van der Waals surface area contributed by atoms with Crippen molar-refractivity contribution in [1.29, 1.82) is 0 Å². The van der Waals surface area contributed by atoms with Crippen LogP contribution in [0.3, 0.4) is 0 Å². The highest BCUT2D eigenvalue weighted by atomic mass is 32.2. The van der Waals surface area contributed by atoms with Crippen molar-refractivity contribution in [2.24, 2.45) is 7.05 Å². The number of rotatable bonds is 7. The first-order valence-electron chi connectivity index (χ1n) is 9.19. The molecule has 0 aliphatic heterocycles. The third kappa shape index (κ3) is 4.26. The fourth-order valence-electron chi connectivity index (χ4n) is 3.04. The number of halogens is 1. The van der Waals surface area contributed by atoms with Crippen molar-refractivity contribution in [3.63, 3.8) is 0 Å². The lowest BCUT2D eigenvalue weighted by molar-refractivity contribution is 0.127. The molecule has 1 aromatic heterocycles. The van der Waals surface area contributed by atoms with Crippen molar-refractivity contribution in [3.05, 3.63) is 72.5 Å². The van der Waals surface area contributed by atoms with Gasteiger partial charge in [0.05, 0.1) is 11.7 Å². The standard InChI is InChI=1S/C22H20FN3O2S/c1-26-21(18-10-4-5-11-19(18)23)24-25-22(26)29-14-16(27)13-28-20-12-6-8-15-7-2-3-9-17(15)20/h2-12,16,27H,13-14H2,1H3/t16-/m0/s1. The van der Waals surface area contributed by atoms with E-state index in [0.717, 1.165) is 16.5 Å². The average molecular weight is 409 g/mol. The highest BCUT2D eigenvalue weighted by Gasteiger charge is 2.16. The molecule has 0 spiro atoms. The zero-order valence-electron chi connectivity index (χ0n) is 15.8. The van der Waals surface area contributed by atoms with Crippen LogP contribution in [0.1, 0.15) is 0 Å². The Hall–Kier alpha value is -2.90. The zero-order valence-corrected chi connectivity index (χ0v) is 16.6. The van der Waals surface area contributed by atoms with E-state index in [4.69, 9.17) is 4.74 Å². The van der Waals surface area contributed by atoms with Crippen molar-refractivity contribution < 1.29 is 14.2 Å². The molecule has 0 saturated carbocycles. The molecule has 5 nitrogen and oxygen atoms in total. The van der Waals surface area contributed by atoms with E-state index in [0.29, 0.717) is 22.3 Å². The van der Waals surface area contributed by atoms with Crippen LogP contribution in [-0.4, -0.2) is 38.3 Å². The quantitative estimate of drug-likeness (QED) is 0.461. The fraction of sp³-hybridized carbons (Fsp3) is 0.182. The summed E-state index contributed by atoms with van der Waals surface area (Å²) in [6.07, 6.45) is -0.687. The van der Waals surface area contributed by atoms with Gasteiger partial charge in [0.2, 0.25) is 0 Å². The maximum Gasteiger partial charge on any atom is 0.191 e. The number of aromatic nitrogens is 3. The van der Waals surface area contributed by atoms with Crippen LogP contribution in [-0.2, 0) is 7.05 Å². The summed E-state index contributed by atoms with van der Waals surface area (Å²) in [5, 5.41) is 21.3. The molecule has 0 unspecified atom stereocenters. The molecule has 1 heterocycles. The van der Waals surface area contributed by atoms with Gasteiger partial charge in [0, 0.05) is 18.2 Å². The van der Waals surface area contributed by atoms with E-state index < -0.39 is 6.10 Å². The molecule has 4 aromatic rings. The Labute approximate surface area is 172 Å². The largest absolute Gasteiger partial charge is 0.490 e. The normalized spacial score (nSPS) is 12.2. The van der Waals surface area contributed by atoms with Crippen LogP contribution in [0.25, 0.3) is 22.2 Å². The van der Waals surface area contributed by atoms with Gasteiger partial charge in [-0.1, -0.05) is 60.3 Å². The molecule has 4 rings (SSSR count). The predicted octanol–water partition coefficient (Wildman–Crippen LogP) is 4.31. The average Bonchev–Trinajstić information content (AvgIpc) is 3.11. The van der Waals surface area contributed by atoms with Crippen LogP contribution < -0.4 is 4.74 Å². The van der Waals surface area contributed by atoms with Crippen molar-refractivity contribution in [2.75, 3.05) is 12.4 Å². The molecule has 0 aliphatic rings. The first-order valence-corrected chi connectivity index (χ1v) is 10.2. The molecule has 7 heteroatoms. The molecule has 0 bridgehead atoms. The van der Waals surface area contributed by atoms with Crippen LogP contribution in [0.4, 0.5) is 4.39 Å². The first-order chi connectivity index (χ1) is 14.1. The van der Waals surface area contributed by atoms with Crippen LogP contribution in [0, 0.1) is 5.82 Å². The van der Waals surface area contributed by atoms with Gasteiger partial charge in [-0.15, -0.1) is 10.2 Å². The summed E-state index contributed by atoms with van der Waals surface area (Å²) in [6, 6.07) is 20.3. The van der Waals surface area contributed by atoms with E-state index in [-0.39, 0.29) is 12.4 Å². The fourth-order valence-corrected chi connectivity index (χ4v) is 3.86. The molecule has 0 saturated heterocycles. The summed E-state index contributed by atoms with van der Waals surface area (Å²) in [5.74, 6) is 1.23. The lowest BCUT2D eigenvalue weighted by Crippen LogP contribution is -2.20. The van der Waals surface area contributed by atoms with Gasteiger partial charge >= 0.3 is 0 Å². The van der Waals surface area contributed by atoms with Crippen molar-refractivity contribution in [1.82, 2.24) is 14.8 Å². The summed E-state index contributed by atoms with van der Waals surface area (Å²) in [5.41, 5.74) is 0.397. The Morgan fingerprint density at radius 1 is 1.03 bits per heavy atom. The van der Waals surface area contributed by atoms with E-state index in [1.54, 1.807) is 29.8 Å². The number of nitrogens with zero attached hydrogens (tertiary/aromatic N) is 3. The van der Waals surface area contributed by atoms with E-state index >= 15 is 0 Å². The third-order valence-corrected chi connectivity index (χ3v) is 5.70. The molecule has 148 valence electrons. The number of aliphatic hydroxyl groups is 1. The molecule has 0 aliphatic carbocycles. The van der Waals surface area contributed by atoms with Crippen molar-refractivity contribution >= 4 is 22.5 Å². The van der Waals surface area contributed by atoms with E-state index in [9.17, 15) is 9.50 Å². The molecule has 3 aromatic carbocycles. The third-order valence-electron chi connectivity index (χ3n) is 4.54. The Bertz CT molecular complexity index is 1130. The second kappa shape index (κ2) is 8.63. The van der Waals surface area contributed by atoms with Gasteiger partial charge in [-0.05, 0) is 23.6 Å². The van der Waals surface area contributed by atoms with Crippen LogP contribution in [0.2, 0.25) is 0 Å². The van der Waals surface area contributed by atoms with E-state index in [2.05, 4.69) is 10.2 Å². The number of aliphatic hydroxyl groups excluding tert-OH is 1. The van der Waals surface area contributed by atoms with Gasteiger partial charge in [-0.2, -0.15) is 0 Å². The number of ether oxygens (including phenoxy) is 1. The van der Waals surface area contributed by atoms with Gasteiger partial charge in [0.15, 0.2) is 11.0 Å². The number of benzene rings is 3. The molecule has 1 atom stereocenters. The molecule has 1 N–H and O–H groups in total. The van der Waals surface area contributed by atoms with Gasteiger partial charge in [0.25, 0.3) is 0 Å². The Morgan fingerprint density at radius 3 is 2.66 bits per heavy atom. The smallest absolute Gasteiger partial charge is 0.191 e. The van der Waals surface area contributed by atoms with Crippen molar-refractivity contribution in [2.45, 2.75) is 11.3 Å². The van der Waals surface area contributed by atoms with Gasteiger partial charge in [-0.25, -0.2) is 4.39 Å². The second-order valence-electron chi connectivity index (χ2n) is 6.60. The molecule has 0 fully saturated rings. The summed E-state index contributed by atoms with van der Waals surface area (Å²) < 4.78 is 21.6. The Morgan fingerprint density at radius 2 is 1.79 bits per heavy atom. The van der Waals surface area contributed by atoms with Crippen molar-refractivity contribution in [3.8, 4) is 17.1 Å². The number of hydrogen-bond donors (Lipinski definition) is 1. The van der Waals surface area contributed by atoms with Gasteiger partial charge in [-0.3, -0.25) is 0 Å². The van der Waals surface area contributed by atoms with E-state index in [1.165, 1.54) is 17.8 Å². The van der Waals surface area contributed by atoms with Gasteiger partial charge < -0.3 is 14.4 Å². The predicted molar refractivity (Wildman–Crippen MR) is 113 cm³/mol. The lowest BCUT2D eigenvalue weighted by atomic mass is 10.1. The minimum Gasteiger partial charge on any atom is -0.490 e. The maximum atomic E-state index is 14.0. The number of fused-ring (bicyclic) bond motifs is 1. The molecular formula is C22H20FN3O2S. The van der Waals surface area contributed by atoms with Crippen LogP contribution in [0.5, 0.6) is 5.75 Å². The first kappa shape index (κ1) is 19.4. The minimum atomic E-state index is -0.687. The molecule has 0 radical (unpaired) electrons. The van der Waals surface area contributed by atoms with Gasteiger partial charge in [0.1, 0.15) is 18.2 Å². The second-order valence-corrected chi connectivity index (χ2v) is 7.59. The lowest BCUT2D eigenvalue weighted by Gasteiger charge is -2.13. The Kier molecular flexibility index (Phi) is 5.78. The maximum absolute atomic E-state index is 14.0. The molecule has 29 heavy (non-hydrogen) atoms. The van der Waals surface area contributed by atoms with Crippen LogP contribution >= 0.6 is 11.8 Å². The SMILES string of the molecule is Cn1c(SC[C@@H](O)COc2cccc3ccccc23)nnc1-c1ccccc1F. The minimum absolute atomic E-state index is 0.166. The number of thioether (sulfide) groups is 1. The summed E-state index contributed by atoms with van der Waals surface area (Å²) in [7, 11) is 1.78. The van der Waals surface area contributed by atoms with Crippen LogP contribution in [0.15, 0.2) is 71.9 Å². The summed E-state index contributed by atoms with van der Waals surface area (Å²) in [4.78, 5) is 0. The number of hydrogen-bond acceptors (Lipinski definition) is 5. The topological polar surface area (TPSA) is 60.2 Å². The zero-order chi connectivity index (χ0) is 20.2. The monoisotopic (exact) mass is 409 g/mol. The van der Waals surface area contributed by atoms with E-state index in [1.807, 2.05) is 42.5 Å². The summed E-state index contributed by atoms with van der Waals surface area (Å²) >= 11 is 1.35. The molecule has 0 amide bonds. The highest BCUT2D eigenvalue weighted by Crippen LogP contribution is 2.27. The summed E-state index contributed by atoms with van der Waals surface area (Å²) in [6.45, 7) is 0.166. The highest BCUT2D eigenvalue weighted by molar-refractivity contribution is 7.99.